The van der Waals surface area contributed by atoms with Crippen LogP contribution in [0, 0.1) is 11.8 Å². The van der Waals surface area contributed by atoms with Gasteiger partial charge in [0.05, 0.1) is 17.8 Å². The van der Waals surface area contributed by atoms with Crippen molar-refractivity contribution in [3.05, 3.63) is 23.9 Å². The summed E-state index contributed by atoms with van der Waals surface area (Å²) in [6.07, 6.45) is 7.17. The van der Waals surface area contributed by atoms with Gasteiger partial charge in [0, 0.05) is 19.5 Å². The van der Waals surface area contributed by atoms with E-state index >= 15 is 0 Å². The molecule has 7 heteroatoms. The van der Waals surface area contributed by atoms with Gasteiger partial charge >= 0.3 is 5.97 Å². The third-order valence-corrected chi connectivity index (χ3v) is 4.95. The number of carboxylic acids is 1. The van der Waals surface area contributed by atoms with E-state index in [0.717, 1.165) is 12.8 Å². The summed E-state index contributed by atoms with van der Waals surface area (Å²) >= 11 is 0. The summed E-state index contributed by atoms with van der Waals surface area (Å²) < 4.78 is 5.32. The van der Waals surface area contributed by atoms with Crippen molar-refractivity contribution in [2.45, 2.75) is 44.9 Å². The highest BCUT2D eigenvalue weighted by molar-refractivity contribution is 5.85. The lowest BCUT2D eigenvalue weighted by Gasteiger charge is -2.35. The molecule has 2 aliphatic rings. The largest absolute Gasteiger partial charge is 0.481 e. The van der Waals surface area contributed by atoms with E-state index in [4.69, 9.17) is 4.52 Å². The van der Waals surface area contributed by atoms with Gasteiger partial charge in [-0.15, -0.1) is 0 Å². The van der Waals surface area contributed by atoms with Crippen LogP contribution in [-0.2, 0) is 16.0 Å². The SMILES string of the molecule is CCc1noc([C@@H]2CCCN(C(=O)[C@H]3CC=CC[C@H]3C(=O)O)C2)n1. The number of nitrogens with zero attached hydrogens (tertiary/aromatic N) is 3. The number of carbonyl (C=O) groups is 2. The first kappa shape index (κ1) is 16.7. The highest BCUT2D eigenvalue weighted by Gasteiger charge is 2.38. The van der Waals surface area contributed by atoms with Gasteiger partial charge in [-0.2, -0.15) is 4.98 Å². The maximum absolute atomic E-state index is 12.9. The molecule has 1 aromatic heterocycles. The molecule has 0 spiro atoms. The van der Waals surface area contributed by atoms with Crippen molar-refractivity contribution in [1.82, 2.24) is 15.0 Å². The van der Waals surface area contributed by atoms with Crippen LogP contribution < -0.4 is 0 Å². The molecule has 0 bridgehead atoms. The number of aryl methyl sites for hydroxylation is 1. The predicted molar refractivity (Wildman–Crippen MR) is 85.2 cm³/mol. The van der Waals surface area contributed by atoms with E-state index in [9.17, 15) is 14.7 Å². The molecule has 2 heterocycles. The van der Waals surface area contributed by atoms with E-state index < -0.39 is 17.8 Å². The Hall–Kier alpha value is -2.18. The first-order valence-electron chi connectivity index (χ1n) is 8.59. The molecule has 1 aliphatic carbocycles. The fourth-order valence-electron chi connectivity index (χ4n) is 3.55. The van der Waals surface area contributed by atoms with Crippen LogP contribution in [0.2, 0.25) is 0 Å². The van der Waals surface area contributed by atoms with Crippen LogP contribution in [-0.4, -0.2) is 45.1 Å². The van der Waals surface area contributed by atoms with E-state index in [0.29, 0.717) is 44.1 Å². The molecule has 0 unspecified atom stereocenters. The van der Waals surface area contributed by atoms with Gasteiger partial charge in [-0.3, -0.25) is 9.59 Å². The maximum atomic E-state index is 12.9. The number of likely N-dealkylation sites (tertiary alicyclic amines) is 1. The summed E-state index contributed by atoms with van der Waals surface area (Å²) in [7, 11) is 0. The summed E-state index contributed by atoms with van der Waals surface area (Å²) in [5.41, 5.74) is 0. The Bertz CT molecular complexity index is 640. The molecular formula is C17H23N3O4. The van der Waals surface area contributed by atoms with Crippen molar-refractivity contribution in [1.29, 1.82) is 0 Å². The molecule has 7 nitrogen and oxygen atoms in total. The second-order valence-electron chi connectivity index (χ2n) is 6.52. The highest BCUT2D eigenvalue weighted by atomic mass is 16.5. The minimum atomic E-state index is -0.893. The fraction of sp³-hybridized carbons (Fsp3) is 0.647. The molecule has 130 valence electrons. The zero-order valence-electron chi connectivity index (χ0n) is 13.9. The summed E-state index contributed by atoms with van der Waals surface area (Å²) in [4.78, 5) is 30.5. The van der Waals surface area contributed by atoms with Crippen LogP contribution in [0.5, 0.6) is 0 Å². The second-order valence-corrected chi connectivity index (χ2v) is 6.52. The van der Waals surface area contributed by atoms with Crippen molar-refractivity contribution in [3.63, 3.8) is 0 Å². The van der Waals surface area contributed by atoms with Gasteiger partial charge in [-0.05, 0) is 25.7 Å². The molecule has 1 aromatic rings. The molecule has 3 atom stereocenters. The molecule has 1 fully saturated rings. The van der Waals surface area contributed by atoms with Gasteiger partial charge in [0.25, 0.3) is 0 Å². The number of amides is 1. The molecule has 0 saturated carbocycles. The molecule has 24 heavy (non-hydrogen) atoms. The molecule has 0 radical (unpaired) electrons. The quantitative estimate of drug-likeness (QED) is 0.847. The van der Waals surface area contributed by atoms with Crippen LogP contribution >= 0.6 is 0 Å². The third kappa shape index (κ3) is 3.34. The third-order valence-electron chi connectivity index (χ3n) is 4.95. The molecule has 1 N–H and O–H groups in total. The number of aromatic nitrogens is 2. The number of hydrogen-bond acceptors (Lipinski definition) is 5. The summed E-state index contributed by atoms with van der Waals surface area (Å²) in [6.45, 7) is 3.15. The lowest BCUT2D eigenvalue weighted by atomic mass is 9.81. The monoisotopic (exact) mass is 333 g/mol. The Morgan fingerprint density at radius 2 is 2.08 bits per heavy atom. The molecule has 0 aromatic carbocycles. The van der Waals surface area contributed by atoms with Crippen molar-refractivity contribution in [2.24, 2.45) is 11.8 Å². The summed E-state index contributed by atoms with van der Waals surface area (Å²) in [5, 5.41) is 13.3. The minimum Gasteiger partial charge on any atom is -0.481 e. The average molecular weight is 333 g/mol. The number of carboxylic acid groups (broad SMARTS) is 1. The van der Waals surface area contributed by atoms with Gasteiger partial charge in [-0.1, -0.05) is 24.2 Å². The lowest BCUT2D eigenvalue weighted by molar-refractivity contribution is -0.151. The van der Waals surface area contributed by atoms with Crippen LogP contribution in [0.15, 0.2) is 16.7 Å². The molecule has 1 amide bonds. The number of allylic oxidation sites excluding steroid dienone is 2. The molecule has 1 saturated heterocycles. The smallest absolute Gasteiger partial charge is 0.307 e. The highest BCUT2D eigenvalue weighted by Crippen LogP contribution is 2.31. The average Bonchev–Trinajstić information content (AvgIpc) is 3.10. The number of carbonyl (C=O) groups excluding carboxylic acids is 1. The zero-order chi connectivity index (χ0) is 17.1. The Kier molecular flexibility index (Phi) is 4.97. The van der Waals surface area contributed by atoms with E-state index in [1.54, 1.807) is 4.90 Å². The van der Waals surface area contributed by atoms with Gasteiger partial charge in [0.1, 0.15) is 0 Å². The van der Waals surface area contributed by atoms with Crippen LogP contribution in [0.3, 0.4) is 0 Å². The van der Waals surface area contributed by atoms with Gasteiger partial charge < -0.3 is 14.5 Å². The van der Waals surface area contributed by atoms with Gasteiger partial charge in [-0.25, -0.2) is 0 Å². The first-order valence-corrected chi connectivity index (χ1v) is 8.59. The number of rotatable bonds is 4. The maximum Gasteiger partial charge on any atom is 0.307 e. The number of aliphatic carboxylic acids is 1. The van der Waals surface area contributed by atoms with Crippen molar-refractivity contribution < 1.29 is 19.2 Å². The Morgan fingerprint density at radius 1 is 1.33 bits per heavy atom. The van der Waals surface area contributed by atoms with Gasteiger partial charge in [0.15, 0.2) is 5.82 Å². The predicted octanol–water partition coefficient (Wildman–Crippen LogP) is 2.00. The fourth-order valence-corrected chi connectivity index (χ4v) is 3.55. The Morgan fingerprint density at radius 3 is 2.75 bits per heavy atom. The number of piperidine rings is 1. The normalized spacial score (nSPS) is 27.2. The van der Waals surface area contributed by atoms with Gasteiger partial charge in [0.2, 0.25) is 11.8 Å². The summed E-state index contributed by atoms with van der Waals surface area (Å²) in [6, 6.07) is 0. The lowest BCUT2D eigenvalue weighted by Crippen LogP contribution is -2.45. The van der Waals surface area contributed by atoms with Crippen LogP contribution in [0.4, 0.5) is 0 Å². The second kappa shape index (κ2) is 7.15. The Balaban J connectivity index is 1.70. The van der Waals surface area contributed by atoms with Crippen molar-refractivity contribution in [3.8, 4) is 0 Å². The van der Waals surface area contributed by atoms with Crippen LogP contribution in [0.25, 0.3) is 0 Å². The minimum absolute atomic E-state index is 0.0397. The topological polar surface area (TPSA) is 96.5 Å². The first-order chi connectivity index (χ1) is 11.6. The standard InChI is InChI=1S/C17H23N3O4/c1-2-14-18-15(24-19-14)11-6-5-9-20(10-11)16(21)12-7-3-4-8-13(12)17(22)23/h3-4,11-13H,2,5-10H2,1H3,(H,22,23)/t11-,12+,13-/m1/s1. The van der Waals surface area contributed by atoms with E-state index in [1.807, 2.05) is 19.1 Å². The van der Waals surface area contributed by atoms with E-state index in [-0.39, 0.29) is 11.8 Å². The molecular weight excluding hydrogens is 310 g/mol. The Labute approximate surface area is 140 Å². The van der Waals surface area contributed by atoms with E-state index in [1.165, 1.54) is 0 Å². The van der Waals surface area contributed by atoms with Crippen molar-refractivity contribution >= 4 is 11.9 Å². The molecule has 3 rings (SSSR count). The number of hydrogen-bond donors (Lipinski definition) is 1. The summed E-state index contributed by atoms with van der Waals surface area (Å²) in [5.74, 6) is -0.752. The van der Waals surface area contributed by atoms with Crippen LogP contribution in [0.1, 0.15) is 50.2 Å². The van der Waals surface area contributed by atoms with E-state index in [2.05, 4.69) is 10.1 Å². The zero-order valence-corrected chi connectivity index (χ0v) is 13.9. The van der Waals surface area contributed by atoms with Crippen molar-refractivity contribution in [2.75, 3.05) is 13.1 Å². The molecule has 1 aliphatic heterocycles.